The van der Waals surface area contributed by atoms with Crippen LogP contribution in [-0.4, -0.2) is 37.0 Å². The molecule has 116 valence electrons. The average molecular weight is 292 g/mol. The van der Waals surface area contributed by atoms with Crippen LogP contribution < -0.4 is 5.32 Å². The van der Waals surface area contributed by atoms with Crippen LogP contribution >= 0.6 is 0 Å². The molecule has 0 spiro atoms. The number of benzene rings is 1. The standard InChI is InChI=1S/C17H25FN2O/c1-12(2)17(21)19-16-9-14(10-20(3)11-16)7-13-5-4-6-15(18)8-13/h4-6,8,12,14,16H,7,9-11H2,1-3H3,(H,19,21). The molecular formula is C17H25FN2O. The fourth-order valence-corrected chi connectivity index (χ4v) is 3.06. The first kappa shape index (κ1) is 16.0. The Morgan fingerprint density at radius 3 is 2.86 bits per heavy atom. The van der Waals surface area contributed by atoms with Gasteiger partial charge in [0.15, 0.2) is 0 Å². The fraction of sp³-hybridized carbons (Fsp3) is 0.588. The normalized spacial score (nSPS) is 23.3. The predicted octanol–water partition coefficient (Wildman–Crippen LogP) is 2.46. The van der Waals surface area contributed by atoms with E-state index in [2.05, 4.69) is 17.3 Å². The first-order valence-corrected chi connectivity index (χ1v) is 7.67. The molecule has 1 aliphatic heterocycles. The molecule has 0 saturated carbocycles. The number of nitrogens with one attached hydrogen (secondary N) is 1. The van der Waals surface area contributed by atoms with Crippen molar-refractivity contribution in [2.75, 3.05) is 20.1 Å². The second kappa shape index (κ2) is 7.03. The molecule has 1 saturated heterocycles. The van der Waals surface area contributed by atoms with E-state index in [1.807, 2.05) is 19.9 Å². The van der Waals surface area contributed by atoms with E-state index in [0.29, 0.717) is 5.92 Å². The number of hydrogen-bond donors (Lipinski definition) is 1. The number of piperidine rings is 1. The minimum Gasteiger partial charge on any atom is -0.352 e. The molecule has 1 fully saturated rings. The van der Waals surface area contributed by atoms with Crippen molar-refractivity contribution in [2.24, 2.45) is 11.8 Å². The van der Waals surface area contributed by atoms with Gasteiger partial charge >= 0.3 is 0 Å². The predicted molar refractivity (Wildman–Crippen MR) is 82.5 cm³/mol. The molecule has 3 nitrogen and oxygen atoms in total. The molecule has 4 heteroatoms. The lowest BCUT2D eigenvalue weighted by Gasteiger charge is -2.36. The van der Waals surface area contributed by atoms with E-state index in [0.717, 1.165) is 31.5 Å². The molecule has 1 heterocycles. The van der Waals surface area contributed by atoms with Gasteiger partial charge in [0.05, 0.1) is 0 Å². The summed E-state index contributed by atoms with van der Waals surface area (Å²) >= 11 is 0. The number of hydrogen-bond acceptors (Lipinski definition) is 2. The number of rotatable bonds is 4. The zero-order valence-electron chi connectivity index (χ0n) is 13.1. The van der Waals surface area contributed by atoms with Crippen LogP contribution in [0, 0.1) is 17.7 Å². The molecule has 1 N–H and O–H groups in total. The SMILES string of the molecule is CC(C)C(=O)NC1CC(Cc2cccc(F)c2)CN(C)C1. The van der Waals surface area contributed by atoms with Crippen LogP contribution in [0.15, 0.2) is 24.3 Å². The molecule has 0 aromatic heterocycles. The second-order valence-electron chi connectivity index (χ2n) is 6.52. The molecule has 0 radical (unpaired) electrons. The Bertz CT molecular complexity index is 489. The molecule has 1 aliphatic rings. The maximum Gasteiger partial charge on any atom is 0.222 e. The molecule has 1 aromatic rings. The van der Waals surface area contributed by atoms with Crippen LogP contribution in [0.25, 0.3) is 0 Å². The van der Waals surface area contributed by atoms with E-state index in [4.69, 9.17) is 0 Å². The average Bonchev–Trinajstić information content (AvgIpc) is 2.37. The van der Waals surface area contributed by atoms with Gasteiger partial charge in [-0.25, -0.2) is 4.39 Å². The molecule has 2 atom stereocenters. The first-order valence-electron chi connectivity index (χ1n) is 7.67. The van der Waals surface area contributed by atoms with E-state index in [1.54, 1.807) is 12.1 Å². The summed E-state index contributed by atoms with van der Waals surface area (Å²) in [5, 5.41) is 3.12. The fourth-order valence-electron chi connectivity index (χ4n) is 3.06. The van der Waals surface area contributed by atoms with Crippen molar-refractivity contribution in [1.82, 2.24) is 10.2 Å². The number of likely N-dealkylation sites (tertiary alicyclic amines) is 1. The van der Waals surface area contributed by atoms with Crippen LogP contribution in [-0.2, 0) is 11.2 Å². The van der Waals surface area contributed by atoms with Crippen molar-refractivity contribution < 1.29 is 9.18 Å². The lowest BCUT2D eigenvalue weighted by atomic mass is 9.88. The molecule has 0 aliphatic carbocycles. The van der Waals surface area contributed by atoms with Gasteiger partial charge in [0.1, 0.15) is 5.82 Å². The lowest BCUT2D eigenvalue weighted by molar-refractivity contribution is -0.125. The molecular weight excluding hydrogens is 267 g/mol. The van der Waals surface area contributed by atoms with Crippen LogP contribution in [0.4, 0.5) is 4.39 Å². The summed E-state index contributed by atoms with van der Waals surface area (Å²) in [6.07, 6.45) is 1.81. The Morgan fingerprint density at radius 2 is 2.19 bits per heavy atom. The minimum atomic E-state index is -0.179. The van der Waals surface area contributed by atoms with Gasteiger partial charge in [-0.2, -0.15) is 0 Å². The summed E-state index contributed by atoms with van der Waals surface area (Å²) in [5.41, 5.74) is 1.03. The van der Waals surface area contributed by atoms with E-state index in [1.165, 1.54) is 6.07 Å². The third-order valence-corrected chi connectivity index (χ3v) is 4.00. The van der Waals surface area contributed by atoms with Gasteiger partial charge in [0.25, 0.3) is 0 Å². The molecule has 1 amide bonds. The highest BCUT2D eigenvalue weighted by Crippen LogP contribution is 2.21. The van der Waals surface area contributed by atoms with Crippen molar-refractivity contribution >= 4 is 5.91 Å². The van der Waals surface area contributed by atoms with E-state index in [-0.39, 0.29) is 23.7 Å². The third-order valence-electron chi connectivity index (χ3n) is 4.00. The highest BCUT2D eigenvalue weighted by atomic mass is 19.1. The van der Waals surface area contributed by atoms with Crippen molar-refractivity contribution in [3.63, 3.8) is 0 Å². The second-order valence-corrected chi connectivity index (χ2v) is 6.52. The number of halogens is 1. The summed E-state index contributed by atoms with van der Waals surface area (Å²) in [7, 11) is 2.08. The van der Waals surface area contributed by atoms with E-state index >= 15 is 0 Å². The maximum atomic E-state index is 13.3. The molecule has 21 heavy (non-hydrogen) atoms. The Hall–Kier alpha value is -1.42. The molecule has 2 unspecified atom stereocenters. The van der Waals surface area contributed by atoms with Gasteiger partial charge < -0.3 is 10.2 Å². The van der Waals surface area contributed by atoms with Crippen molar-refractivity contribution in [1.29, 1.82) is 0 Å². The quantitative estimate of drug-likeness (QED) is 0.924. The first-order chi connectivity index (χ1) is 9.94. The van der Waals surface area contributed by atoms with Gasteiger partial charge in [-0.05, 0) is 43.5 Å². The highest BCUT2D eigenvalue weighted by molar-refractivity contribution is 5.78. The van der Waals surface area contributed by atoms with E-state index in [9.17, 15) is 9.18 Å². The topological polar surface area (TPSA) is 32.3 Å². The van der Waals surface area contributed by atoms with Crippen LogP contribution in [0.5, 0.6) is 0 Å². The summed E-state index contributed by atoms with van der Waals surface area (Å²) < 4.78 is 13.3. The Balaban J connectivity index is 1.95. The number of nitrogens with zero attached hydrogens (tertiary/aromatic N) is 1. The molecule has 2 rings (SSSR count). The zero-order chi connectivity index (χ0) is 15.4. The van der Waals surface area contributed by atoms with Crippen molar-refractivity contribution in [3.05, 3.63) is 35.6 Å². The van der Waals surface area contributed by atoms with Crippen LogP contribution in [0.1, 0.15) is 25.8 Å². The van der Waals surface area contributed by atoms with Crippen molar-refractivity contribution in [2.45, 2.75) is 32.7 Å². The third kappa shape index (κ3) is 4.81. The lowest BCUT2D eigenvalue weighted by Crippen LogP contribution is -2.50. The Kier molecular flexibility index (Phi) is 5.34. The van der Waals surface area contributed by atoms with E-state index < -0.39 is 0 Å². The van der Waals surface area contributed by atoms with Gasteiger partial charge in [-0.3, -0.25) is 4.79 Å². The monoisotopic (exact) mass is 292 g/mol. The maximum absolute atomic E-state index is 13.3. The smallest absolute Gasteiger partial charge is 0.222 e. The number of carbonyl (C=O) groups excluding carboxylic acids is 1. The van der Waals surface area contributed by atoms with Gasteiger partial charge in [0, 0.05) is 25.0 Å². The summed E-state index contributed by atoms with van der Waals surface area (Å²) in [5.74, 6) is 0.392. The van der Waals surface area contributed by atoms with Gasteiger partial charge in [0.2, 0.25) is 5.91 Å². The summed E-state index contributed by atoms with van der Waals surface area (Å²) in [6, 6.07) is 7.00. The van der Waals surface area contributed by atoms with Gasteiger partial charge in [-0.1, -0.05) is 26.0 Å². The zero-order valence-corrected chi connectivity index (χ0v) is 13.1. The van der Waals surface area contributed by atoms with Crippen LogP contribution in [0.3, 0.4) is 0 Å². The summed E-state index contributed by atoms with van der Waals surface area (Å²) in [4.78, 5) is 14.1. The highest BCUT2D eigenvalue weighted by Gasteiger charge is 2.27. The number of carbonyl (C=O) groups is 1. The Labute approximate surface area is 126 Å². The van der Waals surface area contributed by atoms with Gasteiger partial charge in [-0.15, -0.1) is 0 Å². The number of likely N-dealkylation sites (N-methyl/N-ethyl adjacent to an activating group) is 1. The molecule has 1 aromatic carbocycles. The Morgan fingerprint density at radius 1 is 1.43 bits per heavy atom. The molecule has 0 bridgehead atoms. The number of amides is 1. The summed E-state index contributed by atoms with van der Waals surface area (Å²) in [6.45, 7) is 5.70. The largest absolute Gasteiger partial charge is 0.352 e. The van der Waals surface area contributed by atoms with Crippen molar-refractivity contribution in [3.8, 4) is 0 Å². The minimum absolute atomic E-state index is 0.0129. The van der Waals surface area contributed by atoms with Crippen LogP contribution in [0.2, 0.25) is 0 Å².